The second-order valence-corrected chi connectivity index (χ2v) is 2.41. The van der Waals surface area contributed by atoms with Gasteiger partial charge in [0.15, 0.2) is 0 Å². The molecular weight excluding hydrogens is 140 g/mol. The third-order valence-corrected chi connectivity index (χ3v) is 1.77. The van der Waals surface area contributed by atoms with Crippen LogP contribution in [0, 0.1) is 5.92 Å². The molecule has 1 unspecified atom stereocenters. The van der Waals surface area contributed by atoms with E-state index >= 15 is 0 Å². The van der Waals surface area contributed by atoms with Gasteiger partial charge in [-0.1, -0.05) is 20.8 Å². The van der Waals surface area contributed by atoms with E-state index in [0.717, 1.165) is 19.3 Å². The smallest absolute Gasteiger partial charge is 0.308 e. The van der Waals surface area contributed by atoms with Gasteiger partial charge >= 0.3 is 5.97 Å². The molecule has 0 aromatic carbocycles. The normalized spacial score (nSPS) is 23.2. The molecule has 0 saturated carbocycles. The van der Waals surface area contributed by atoms with Gasteiger partial charge in [0, 0.05) is 0 Å². The van der Waals surface area contributed by atoms with Gasteiger partial charge in [0.25, 0.3) is 0 Å². The number of carbonyl (C=O) groups is 1. The van der Waals surface area contributed by atoms with Crippen molar-refractivity contribution in [3.05, 3.63) is 0 Å². The fourth-order valence-corrected chi connectivity index (χ4v) is 1.11. The van der Waals surface area contributed by atoms with Gasteiger partial charge in [-0.25, -0.2) is 0 Å². The summed E-state index contributed by atoms with van der Waals surface area (Å²) in [7, 11) is 0. The molecule has 11 heavy (non-hydrogen) atoms. The summed E-state index contributed by atoms with van der Waals surface area (Å²) in [6.45, 7) is 6.66. The van der Waals surface area contributed by atoms with Crippen LogP contribution in [0.1, 0.15) is 40.0 Å². The van der Waals surface area contributed by atoms with E-state index in [1.807, 2.05) is 20.8 Å². The minimum atomic E-state index is 0.00347. The first kappa shape index (κ1) is 10.5. The van der Waals surface area contributed by atoms with Crippen LogP contribution in [0.5, 0.6) is 0 Å². The predicted molar refractivity (Wildman–Crippen MR) is 45.3 cm³/mol. The van der Waals surface area contributed by atoms with Crippen molar-refractivity contribution < 1.29 is 9.53 Å². The molecule has 0 aliphatic carbocycles. The Morgan fingerprint density at radius 2 is 2.18 bits per heavy atom. The molecule has 1 aliphatic heterocycles. The minimum absolute atomic E-state index is 0.00347. The van der Waals surface area contributed by atoms with E-state index in [1.165, 1.54) is 0 Å². The zero-order valence-corrected chi connectivity index (χ0v) is 7.72. The van der Waals surface area contributed by atoms with Crippen molar-refractivity contribution in [1.29, 1.82) is 0 Å². The molecule has 1 fully saturated rings. The molecule has 2 nitrogen and oxygen atoms in total. The molecule has 0 amide bonds. The standard InChI is InChI=1S/C7H12O2.C2H6/c1-2-6-4-3-5-9-7(6)8;1-2/h6H,2-5H2,1H3;1-2H3. The van der Waals surface area contributed by atoms with Gasteiger partial charge in [0.2, 0.25) is 0 Å². The van der Waals surface area contributed by atoms with Gasteiger partial charge in [-0.3, -0.25) is 4.79 Å². The SMILES string of the molecule is CC.CCC1CCCOC1=O. The Bertz CT molecular complexity index is 110. The first-order valence-electron chi connectivity index (χ1n) is 4.51. The lowest BCUT2D eigenvalue weighted by Gasteiger charge is -2.18. The number of carbonyl (C=O) groups excluding carboxylic acids is 1. The molecule has 66 valence electrons. The topological polar surface area (TPSA) is 26.3 Å². The highest BCUT2D eigenvalue weighted by Crippen LogP contribution is 2.17. The molecule has 0 aromatic rings. The van der Waals surface area contributed by atoms with Crippen molar-refractivity contribution in [2.75, 3.05) is 6.61 Å². The van der Waals surface area contributed by atoms with Gasteiger partial charge in [0.05, 0.1) is 12.5 Å². The van der Waals surface area contributed by atoms with Crippen LogP contribution < -0.4 is 0 Å². The van der Waals surface area contributed by atoms with Gasteiger partial charge in [0.1, 0.15) is 0 Å². The number of esters is 1. The third kappa shape index (κ3) is 3.40. The molecule has 1 heterocycles. The number of cyclic esters (lactones) is 1. The van der Waals surface area contributed by atoms with Crippen molar-refractivity contribution in [2.24, 2.45) is 5.92 Å². The van der Waals surface area contributed by atoms with E-state index in [2.05, 4.69) is 0 Å². The Balaban J connectivity index is 0.000000461. The molecule has 1 rings (SSSR count). The van der Waals surface area contributed by atoms with Crippen molar-refractivity contribution in [1.82, 2.24) is 0 Å². The number of hydrogen-bond donors (Lipinski definition) is 0. The van der Waals surface area contributed by atoms with E-state index in [1.54, 1.807) is 0 Å². The average molecular weight is 158 g/mol. The summed E-state index contributed by atoms with van der Waals surface area (Å²) in [6, 6.07) is 0. The molecular formula is C9H18O2. The van der Waals surface area contributed by atoms with Crippen molar-refractivity contribution in [3.8, 4) is 0 Å². The molecule has 0 aromatic heterocycles. The van der Waals surface area contributed by atoms with Crippen molar-refractivity contribution in [2.45, 2.75) is 40.0 Å². The highest BCUT2D eigenvalue weighted by molar-refractivity contribution is 5.72. The van der Waals surface area contributed by atoms with Gasteiger partial charge in [-0.2, -0.15) is 0 Å². The largest absolute Gasteiger partial charge is 0.465 e. The first-order chi connectivity index (χ1) is 5.34. The molecule has 1 aliphatic rings. The zero-order valence-electron chi connectivity index (χ0n) is 7.72. The summed E-state index contributed by atoms with van der Waals surface area (Å²) >= 11 is 0. The highest BCUT2D eigenvalue weighted by atomic mass is 16.5. The summed E-state index contributed by atoms with van der Waals surface area (Å²) in [5, 5.41) is 0. The summed E-state index contributed by atoms with van der Waals surface area (Å²) < 4.78 is 4.84. The van der Waals surface area contributed by atoms with Gasteiger partial charge < -0.3 is 4.74 Å². The molecule has 2 heteroatoms. The van der Waals surface area contributed by atoms with Crippen molar-refractivity contribution >= 4 is 5.97 Å². The Labute approximate surface area is 68.9 Å². The maximum atomic E-state index is 10.8. The summed E-state index contributed by atoms with van der Waals surface area (Å²) in [5.41, 5.74) is 0. The van der Waals surface area contributed by atoms with Crippen LogP contribution in [-0.2, 0) is 9.53 Å². The van der Waals surface area contributed by atoms with Crippen LogP contribution in [0.3, 0.4) is 0 Å². The van der Waals surface area contributed by atoms with E-state index < -0.39 is 0 Å². The lowest BCUT2D eigenvalue weighted by Crippen LogP contribution is -2.23. The highest BCUT2D eigenvalue weighted by Gasteiger charge is 2.21. The second kappa shape index (κ2) is 6.20. The number of hydrogen-bond acceptors (Lipinski definition) is 2. The van der Waals surface area contributed by atoms with E-state index in [-0.39, 0.29) is 11.9 Å². The second-order valence-electron chi connectivity index (χ2n) is 2.41. The lowest BCUT2D eigenvalue weighted by molar-refractivity contribution is -0.152. The molecule has 0 bridgehead atoms. The lowest BCUT2D eigenvalue weighted by atomic mass is 9.99. The fraction of sp³-hybridized carbons (Fsp3) is 0.889. The van der Waals surface area contributed by atoms with E-state index in [4.69, 9.17) is 4.74 Å². The summed E-state index contributed by atoms with van der Waals surface area (Å²) in [4.78, 5) is 10.8. The monoisotopic (exact) mass is 158 g/mol. The molecule has 1 saturated heterocycles. The number of ether oxygens (including phenoxy) is 1. The quantitative estimate of drug-likeness (QED) is 0.548. The Morgan fingerprint density at radius 1 is 1.55 bits per heavy atom. The molecule has 1 atom stereocenters. The first-order valence-corrected chi connectivity index (χ1v) is 4.51. The average Bonchev–Trinajstić information content (AvgIpc) is 2.09. The minimum Gasteiger partial charge on any atom is -0.465 e. The fourth-order valence-electron chi connectivity index (χ4n) is 1.11. The van der Waals surface area contributed by atoms with Crippen LogP contribution >= 0.6 is 0 Å². The molecule has 0 spiro atoms. The maximum Gasteiger partial charge on any atom is 0.308 e. The van der Waals surface area contributed by atoms with Crippen LogP contribution in [0.25, 0.3) is 0 Å². The van der Waals surface area contributed by atoms with Crippen LogP contribution in [0.2, 0.25) is 0 Å². The zero-order chi connectivity index (χ0) is 8.69. The van der Waals surface area contributed by atoms with Crippen molar-refractivity contribution in [3.63, 3.8) is 0 Å². The van der Waals surface area contributed by atoms with Crippen LogP contribution in [-0.4, -0.2) is 12.6 Å². The van der Waals surface area contributed by atoms with Gasteiger partial charge in [-0.05, 0) is 19.3 Å². The van der Waals surface area contributed by atoms with E-state index in [0.29, 0.717) is 6.61 Å². The van der Waals surface area contributed by atoms with Crippen LogP contribution in [0.4, 0.5) is 0 Å². The third-order valence-electron chi connectivity index (χ3n) is 1.77. The molecule has 0 radical (unpaired) electrons. The van der Waals surface area contributed by atoms with Gasteiger partial charge in [-0.15, -0.1) is 0 Å². The Hall–Kier alpha value is -0.530. The Kier molecular flexibility index (Phi) is 5.90. The summed E-state index contributed by atoms with van der Waals surface area (Å²) in [5.74, 6) is 0.197. The van der Waals surface area contributed by atoms with Crippen LogP contribution in [0.15, 0.2) is 0 Å². The van der Waals surface area contributed by atoms with E-state index in [9.17, 15) is 4.79 Å². The maximum absolute atomic E-state index is 10.8. The molecule has 0 N–H and O–H groups in total. The summed E-state index contributed by atoms with van der Waals surface area (Å²) in [6.07, 6.45) is 3.00. The predicted octanol–water partition coefficient (Wildman–Crippen LogP) is 2.38. The Morgan fingerprint density at radius 3 is 2.55 bits per heavy atom. The number of rotatable bonds is 1.